The molecule has 0 aliphatic carbocycles. The molecule has 1 aromatic carbocycles. The highest BCUT2D eigenvalue weighted by Gasteiger charge is 2.26. The van der Waals surface area contributed by atoms with E-state index in [1.165, 1.54) is 30.4 Å². The molecular weight excluding hydrogens is 254 g/mol. The molecule has 1 nitrogen and oxygen atoms in total. The largest absolute Gasteiger partial charge is 0.313 e. The zero-order chi connectivity index (χ0) is 15.7. The Morgan fingerprint density at radius 3 is 2.38 bits per heavy atom. The van der Waals surface area contributed by atoms with Gasteiger partial charge in [0, 0.05) is 12.0 Å². The molecule has 1 rings (SSSR count). The molecule has 0 amide bonds. The number of nitrogens with one attached hydrogen (secondary N) is 1. The van der Waals surface area contributed by atoms with Gasteiger partial charge in [0.2, 0.25) is 0 Å². The van der Waals surface area contributed by atoms with Crippen LogP contribution in [0, 0.1) is 5.92 Å². The Hall–Kier alpha value is -1.08. The van der Waals surface area contributed by atoms with Crippen LogP contribution in [0.3, 0.4) is 0 Å². The van der Waals surface area contributed by atoms with E-state index in [0.717, 1.165) is 13.0 Å². The van der Waals surface area contributed by atoms with Gasteiger partial charge in [-0.3, -0.25) is 0 Å². The van der Waals surface area contributed by atoms with Crippen LogP contribution in [-0.2, 0) is 0 Å². The first-order chi connectivity index (χ1) is 10.1. The number of benzene rings is 1. The normalized spacial score (nSPS) is 15.4. The molecule has 0 heterocycles. The molecule has 1 N–H and O–H groups in total. The van der Waals surface area contributed by atoms with Crippen molar-refractivity contribution in [3.8, 4) is 0 Å². The third-order valence-electron chi connectivity index (χ3n) is 4.41. The molecule has 1 heteroatoms. The van der Waals surface area contributed by atoms with Crippen LogP contribution < -0.4 is 5.32 Å². The van der Waals surface area contributed by atoms with E-state index in [4.69, 9.17) is 0 Å². The summed E-state index contributed by atoms with van der Waals surface area (Å²) in [6, 6.07) is 11.6. The van der Waals surface area contributed by atoms with Crippen LogP contribution in [0.1, 0.15) is 64.9 Å². The van der Waals surface area contributed by atoms with Gasteiger partial charge in [-0.15, -0.1) is 6.58 Å². The van der Waals surface area contributed by atoms with Crippen molar-refractivity contribution in [1.29, 1.82) is 0 Å². The number of rotatable bonds is 10. The van der Waals surface area contributed by atoms with Crippen molar-refractivity contribution in [1.82, 2.24) is 5.32 Å². The molecule has 0 aliphatic heterocycles. The molecule has 0 fully saturated rings. The topological polar surface area (TPSA) is 12.0 Å². The predicted octanol–water partition coefficient (Wildman–Crippen LogP) is 5.54. The van der Waals surface area contributed by atoms with E-state index in [1.54, 1.807) is 0 Å². The average Bonchev–Trinajstić information content (AvgIpc) is 2.50. The first-order valence-corrected chi connectivity index (χ1v) is 8.52. The van der Waals surface area contributed by atoms with Gasteiger partial charge in [-0.2, -0.15) is 0 Å². The lowest BCUT2D eigenvalue weighted by atomic mass is 9.78. The summed E-state index contributed by atoms with van der Waals surface area (Å²) in [7, 11) is 0. The van der Waals surface area contributed by atoms with Crippen molar-refractivity contribution in [3.63, 3.8) is 0 Å². The van der Waals surface area contributed by atoms with Crippen molar-refractivity contribution < 1.29 is 0 Å². The molecule has 1 aromatic rings. The fraction of sp³-hybridized carbons (Fsp3) is 0.600. The molecule has 0 aliphatic rings. The molecule has 3 unspecified atom stereocenters. The first kappa shape index (κ1) is 18.0. The van der Waals surface area contributed by atoms with Gasteiger partial charge in [0.15, 0.2) is 0 Å². The van der Waals surface area contributed by atoms with Gasteiger partial charge in [0.05, 0.1) is 0 Å². The Balaban J connectivity index is 2.95. The molecule has 0 saturated heterocycles. The summed E-state index contributed by atoms with van der Waals surface area (Å²) in [5.74, 6) is 1.27. The fourth-order valence-corrected chi connectivity index (χ4v) is 3.03. The Bertz CT molecular complexity index is 396. The number of allylic oxidation sites excluding steroid dienone is 1. The smallest absolute Gasteiger partial charge is 0.0141 e. The van der Waals surface area contributed by atoms with Crippen LogP contribution in [-0.4, -0.2) is 12.6 Å². The second-order valence-corrected chi connectivity index (χ2v) is 6.38. The molecule has 3 atom stereocenters. The third-order valence-corrected chi connectivity index (χ3v) is 4.41. The minimum absolute atomic E-state index is 0.541. The van der Waals surface area contributed by atoms with E-state index < -0.39 is 0 Å². The van der Waals surface area contributed by atoms with Crippen LogP contribution >= 0.6 is 0 Å². The van der Waals surface area contributed by atoms with Crippen molar-refractivity contribution in [2.45, 2.75) is 65.3 Å². The Morgan fingerprint density at radius 1 is 1.19 bits per heavy atom. The van der Waals surface area contributed by atoms with Gasteiger partial charge < -0.3 is 5.32 Å². The molecule has 0 saturated carbocycles. The summed E-state index contributed by atoms with van der Waals surface area (Å²) in [6.07, 6.45) is 4.70. The maximum atomic E-state index is 4.08. The second-order valence-electron chi connectivity index (χ2n) is 6.38. The SMILES string of the molecule is C=C(C)CCC(NCCC)C(c1ccccc1)C(C)CC. The zero-order valence-electron chi connectivity index (χ0n) is 14.4. The van der Waals surface area contributed by atoms with E-state index in [9.17, 15) is 0 Å². The van der Waals surface area contributed by atoms with Gasteiger partial charge in [0.25, 0.3) is 0 Å². The highest BCUT2D eigenvalue weighted by molar-refractivity contribution is 5.22. The van der Waals surface area contributed by atoms with Crippen LogP contribution in [0.15, 0.2) is 42.5 Å². The fourth-order valence-electron chi connectivity index (χ4n) is 3.03. The van der Waals surface area contributed by atoms with Gasteiger partial charge >= 0.3 is 0 Å². The molecule has 0 bridgehead atoms. The zero-order valence-corrected chi connectivity index (χ0v) is 14.4. The summed E-state index contributed by atoms with van der Waals surface area (Å²) in [4.78, 5) is 0. The number of hydrogen-bond acceptors (Lipinski definition) is 1. The standard InChI is InChI=1S/C20H33N/c1-6-15-21-19(14-13-16(3)4)20(17(5)7-2)18-11-9-8-10-12-18/h8-12,17,19-21H,3,6-7,13-15H2,1-2,4-5H3. The van der Waals surface area contributed by atoms with Gasteiger partial charge in [-0.05, 0) is 44.2 Å². The molecule has 0 radical (unpaired) electrons. The second kappa shape index (κ2) is 9.78. The summed E-state index contributed by atoms with van der Waals surface area (Å²) >= 11 is 0. The van der Waals surface area contributed by atoms with Crippen LogP contribution in [0.2, 0.25) is 0 Å². The third kappa shape index (κ3) is 6.05. The Labute approximate surface area is 131 Å². The van der Waals surface area contributed by atoms with Crippen LogP contribution in [0.25, 0.3) is 0 Å². The highest BCUT2D eigenvalue weighted by Crippen LogP contribution is 2.32. The van der Waals surface area contributed by atoms with Crippen molar-refractivity contribution in [2.24, 2.45) is 5.92 Å². The molecule has 0 aromatic heterocycles. The molecule has 0 spiro atoms. The lowest BCUT2D eigenvalue weighted by molar-refractivity contribution is 0.320. The monoisotopic (exact) mass is 287 g/mol. The van der Waals surface area contributed by atoms with Crippen LogP contribution in [0.5, 0.6) is 0 Å². The summed E-state index contributed by atoms with van der Waals surface area (Å²) < 4.78 is 0. The first-order valence-electron chi connectivity index (χ1n) is 8.52. The Morgan fingerprint density at radius 2 is 1.86 bits per heavy atom. The Kier molecular flexibility index (Phi) is 8.37. The molecule has 21 heavy (non-hydrogen) atoms. The van der Waals surface area contributed by atoms with E-state index in [0.29, 0.717) is 17.9 Å². The lowest BCUT2D eigenvalue weighted by Crippen LogP contribution is -2.38. The number of hydrogen-bond donors (Lipinski definition) is 1. The predicted molar refractivity (Wildman–Crippen MR) is 94.8 cm³/mol. The summed E-state index contributed by atoms with van der Waals surface area (Å²) in [6.45, 7) is 14.2. The maximum absolute atomic E-state index is 4.08. The van der Waals surface area contributed by atoms with E-state index in [1.807, 2.05) is 0 Å². The van der Waals surface area contributed by atoms with Gasteiger partial charge in [-0.25, -0.2) is 0 Å². The van der Waals surface area contributed by atoms with E-state index >= 15 is 0 Å². The van der Waals surface area contributed by atoms with Crippen molar-refractivity contribution >= 4 is 0 Å². The quantitative estimate of drug-likeness (QED) is 0.557. The van der Waals surface area contributed by atoms with Gasteiger partial charge in [0.1, 0.15) is 0 Å². The lowest BCUT2D eigenvalue weighted by Gasteiger charge is -2.33. The van der Waals surface area contributed by atoms with Gasteiger partial charge in [-0.1, -0.05) is 63.1 Å². The van der Waals surface area contributed by atoms with Crippen LogP contribution in [0.4, 0.5) is 0 Å². The van der Waals surface area contributed by atoms with Crippen molar-refractivity contribution in [3.05, 3.63) is 48.0 Å². The molecule has 118 valence electrons. The van der Waals surface area contributed by atoms with E-state index in [2.05, 4.69) is 69.9 Å². The minimum atomic E-state index is 0.541. The highest BCUT2D eigenvalue weighted by atomic mass is 14.9. The average molecular weight is 287 g/mol. The van der Waals surface area contributed by atoms with Crippen molar-refractivity contribution in [2.75, 3.05) is 6.54 Å². The summed E-state index contributed by atoms with van der Waals surface area (Å²) in [5, 5.41) is 3.80. The minimum Gasteiger partial charge on any atom is -0.313 e. The van der Waals surface area contributed by atoms with E-state index in [-0.39, 0.29) is 0 Å². The molecular formula is C20H33N. The maximum Gasteiger partial charge on any atom is 0.0141 e. The summed E-state index contributed by atoms with van der Waals surface area (Å²) in [5.41, 5.74) is 2.76.